The Morgan fingerprint density at radius 3 is 2.81 bits per heavy atom. The molecule has 0 spiro atoms. The fourth-order valence-electron chi connectivity index (χ4n) is 1.41. The first-order chi connectivity index (χ1) is 7.56. The van der Waals surface area contributed by atoms with E-state index in [4.69, 9.17) is 27.5 Å². The molecule has 0 heterocycles. The molecular formula is C11H16ClN3O. The van der Waals surface area contributed by atoms with Gasteiger partial charge in [0.25, 0.3) is 0 Å². The van der Waals surface area contributed by atoms with E-state index in [0.717, 1.165) is 12.2 Å². The topological polar surface area (TPSA) is 62.3 Å². The molecule has 0 atom stereocenters. The summed E-state index contributed by atoms with van der Waals surface area (Å²) in [6.07, 6.45) is 0. The summed E-state index contributed by atoms with van der Waals surface area (Å²) in [7, 11) is 3.58. The van der Waals surface area contributed by atoms with Gasteiger partial charge in [-0.05, 0) is 18.2 Å². The Bertz CT molecular complexity index is 381. The van der Waals surface area contributed by atoms with Crippen LogP contribution in [0.4, 0.5) is 5.69 Å². The van der Waals surface area contributed by atoms with Crippen molar-refractivity contribution in [3.63, 3.8) is 0 Å². The second-order valence-electron chi connectivity index (χ2n) is 3.49. The van der Waals surface area contributed by atoms with Crippen LogP contribution in [0.3, 0.4) is 0 Å². The van der Waals surface area contributed by atoms with Crippen molar-refractivity contribution in [2.45, 2.75) is 0 Å². The quantitative estimate of drug-likeness (QED) is 0.609. The number of amidine groups is 1. The smallest absolute Gasteiger partial charge is 0.124 e. The van der Waals surface area contributed by atoms with Gasteiger partial charge in [-0.1, -0.05) is 11.6 Å². The van der Waals surface area contributed by atoms with E-state index in [0.29, 0.717) is 17.2 Å². The second kappa shape index (κ2) is 5.72. The number of benzene rings is 1. The average molecular weight is 242 g/mol. The van der Waals surface area contributed by atoms with Crippen molar-refractivity contribution in [1.29, 1.82) is 5.41 Å². The van der Waals surface area contributed by atoms with Gasteiger partial charge in [-0.3, -0.25) is 5.41 Å². The minimum atomic E-state index is 0.0155. The SMILES string of the molecule is COCCN(C)c1ccc(Cl)cc1C(=N)N. The molecule has 0 amide bonds. The Morgan fingerprint density at radius 1 is 1.56 bits per heavy atom. The Hall–Kier alpha value is -1.26. The molecule has 3 N–H and O–H groups in total. The van der Waals surface area contributed by atoms with E-state index in [1.54, 1.807) is 19.2 Å². The maximum Gasteiger partial charge on any atom is 0.124 e. The number of nitrogens with two attached hydrogens (primary N) is 1. The molecule has 1 aromatic rings. The Kier molecular flexibility index (Phi) is 4.58. The summed E-state index contributed by atoms with van der Waals surface area (Å²) in [6.45, 7) is 1.36. The van der Waals surface area contributed by atoms with Gasteiger partial charge < -0.3 is 15.4 Å². The number of nitrogens with one attached hydrogen (secondary N) is 1. The fraction of sp³-hybridized carbons (Fsp3) is 0.364. The van der Waals surface area contributed by atoms with Crippen LogP contribution >= 0.6 is 11.6 Å². The molecule has 5 heteroatoms. The Balaban J connectivity index is 2.98. The number of anilines is 1. The summed E-state index contributed by atoms with van der Waals surface area (Å²) in [5.41, 5.74) is 7.04. The highest BCUT2D eigenvalue weighted by Crippen LogP contribution is 2.22. The highest BCUT2D eigenvalue weighted by Gasteiger charge is 2.10. The van der Waals surface area contributed by atoms with E-state index >= 15 is 0 Å². The fourth-order valence-corrected chi connectivity index (χ4v) is 1.58. The van der Waals surface area contributed by atoms with Crippen LogP contribution in [-0.2, 0) is 4.74 Å². The van der Waals surface area contributed by atoms with Crippen LogP contribution in [0.1, 0.15) is 5.56 Å². The van der Waals surface area contributed by atoms with Gasteiger partial charge in [0.2, 0.25) is 0 Å². The summed E-state index contributed by atoms with van der Waals surface area (Å²) < 4.78 is 5.01. The predicted octanol–water partition coefficient (Wildman–Crippen LogP) is 1.71. The van der Waals surface area contributed by atoms with E-state index in [2.05, 4.69) is 0 Å². The van der Waals surface area contributed by atoms with Gasteiger partial charge in [-0.2, -0.15) is 0 Å². The van der Waals surface area contributed by atoms with E-state index < -0.39 is 0 Å². The van der Waals surface area contributed by atoms with Crippen LogP contribution < -0.4 is 10.6 Å². The predicted molar refractivity (Wildman–Crippen MR) is 67.6 cm³/mol. The zero-order valence-electron chi connectivity index (χ0n) is 9.46. The van der Waals surface area contributed by atoms with E-state index in [1.165, 1.54) is 0 Å². The normalized spacial score (nSPS) is 10.2. The molecule has 0 saturated carbocycles. The number of likely N-dealkylation sites (N-methyl/N-ethyl adjacent to an activating group) is 1. The lowest BCUT2D eigenvalue weighted by atomic mass is 10.1. The van der Waals surface area contributed by atoms with Crippen molar-refractivity contribution in [1.82, 2.24) is 0 Å². The van der Waals surface area contributed by atoms with Crippen LogP contribution in [0.2, 0.25) is 5.02 Å². The zero-order chi connectivity index (χ0) is 12.1. The van der Waals surface area contributed by atoms with Crippen molar-refractivity contribution in [3.8, 4) is 0 Å². The summed E-state index contributed by atoms with van der Waals surface area (Å²) >= 11 is 5.87. The van der Waals surface area contributed by atoms with Crippen LogP contribution in [-0.4, -0.2) is 33.1 Å². The van der Waals surface area contributed by atoms with E-state index in [1.807, 2.05) is 18.0 Å². The minimum Gasteiger partial charge on any atom is -0.384 e. The van der Waals surface area contributed by atoms with Gasteiger partial charge in [0, 0.05) is 37.0 Å². The molecule has 0 bridgehead atoms. The zero-order valence-corrected chi connectivity index (χ0v) is 10.2. The molecule has 0 fully saturated rings. The van der Waals surface area contributed by atoms with Crippen LogP contribution in [0.5, 0.6) is 0 Å². The summed E-state index contributed by atoms with van der Waals surface area (Å²) in [6, 6.07) is 5.34. The molecule has 0 aliphatic carbocycles. The van der Waals surface area contributed by atoms with Gasteiger partial charge in [0.05, 0.1) is 6.61 Å². The molecule has 1 aromatic carbocycles. The van der Waals surface area contributed by atoms with Crippen LogP contribution in [0.15, 0.2) is 18.2 Å². The van der Waals surface area contributed by atoms with Crippen molar-refractivity contribution in [2.24, 2.45) is 5.73 Å². The highest BCUT2D eigenvalue weighted by atomic mass is 35.5. The summed E-state index contributed by atoms with van der Waals surface area (Å²) in [4.78, 5) is 1.98. The number of ether oxygens (including phenoxy) is 1. The Labute approximate surface area is 100 Å². The van der Waals surface area contributed by atoms with Crippen LogP contribution in [0, 0.1) is 5.41 Å². The standard InChI is InChI=1S/C11H16ClN3O/c1-15(5-6-16-2)10-4-3-8(12)7-9(10)11(13)14/h3-4,7H,5-6H2,1-2H3,(H3,13,14). The average Bonchev–Trinajstić information content (AvgIpc) is 2.25. The monoisotopic (exact) mass is 241 g/mol. The van der Waals surface area contributed by atoms with Gasteiger partial charge in [0.15, 0.2) is 0 Å². The maximum atomic E-state index is 7.50. The second-order valence-corrected chi connectivity index (χ2v) is 3.93. The molecule has 0 aromatic heterocycles. The number of methoxy groups -OCH3 is 1. The molecule has 16 heavy (non-hydrogen) atoms. The molecule has 0 unspecified atom stereocenters. The molecule has 88 valence electrons. The number of nitrogen functional groups attached to an aromatic ring is 1. The van der Waals surface area contributed by atoms with Crippen molar-refractivity contribution in [3.05, 3.63) is 28.8 Å². The first-order valence-electron chi connectivity index (χ1n) is 4.90. The number of rotatable bonds is 5. The third-order valence-electron chi connectivity index (χ3n) is 2.29. The molecule has 4 nitrogen and oxygen atoms in total. The van der Waals surface area contributed by atoms with Crippen molar-refractivity contribution < 1.29 is 4.74 Å². The van der Waals surface area contributed by atoms with Gasteiger partial charge in [-0.25, -0.2) is 0 Å². The van der Waals surface area contributed by atoms with Gasteiger partial charge in [0.1, 0.15) is 5.84 Å². The molecule has 0 radical (unpaired) electrons. The van der Waals surface area contributed by atoms with Crippen LogP contribution in [0.25, 0.3) is 0 Å². The first-order valence-corrected chi connectivity index (χ1v) is 5.28. The lowest BCUT2D eigenvalue weighted by molar-refractivity contribution is 0.206. The van der Waals surface area contributed by atoms with Crippen molar-refractivity contribution >= 4 is 23.1 Å². The summed E-state index contributed by atoms with van der Waals surface area (Å²) in [5, 5.41) is 8.08. The molecule has 0 aliphatic rings. The number of halogens is 1. The molecule has 1 rings (SSSR count). The number of hydrogen-bond acceptors (Lipinski definition) is 3. The third-order valence-corrected chi connectivity index (χ3v) is 2.53. The van der Waals surface area contributed by atoms with Crippen molar-refractivity contribution in [2.75, 3.05) is 32.2 Å². The molecule has 0 saturated heterocycles. The number of nitrogens with zero attached hydrogens (tertiary/aromatic N) is 1. The summed E-state index contributed by atoms with van der Waals surface area (Å²) in [5.74, 6) is 0.0155. The lowest BCUT2D eigenvalue weighted by Gasteiger charge is -2.21. The molecule has 0 aliphatic heterocycles. The van der Waals surface area contributed by atoms with E-state index in [9.17, 15) is 0 Å². The van der Waals surface area contributed by atoms with Gasteiger partial charge in [-0.15, -0.1) is 0 Å². The molecular weight excluding hydrogens is 226 g/mol. The highest BCUT2D eigenvalue weighted by molar-refractivity contribution is 6.31. The van der Waals surface area contributed by atoms with Gasteiger partial charge >= 0.3 is 0 Å². The third kappa shape index (κ3) is 3.12. The first kappa shape index (κ1) is 12.8. The lowest BCUT2D eigenvalue weighted by Crippen LogP contribution is -2.25. The minimum absolute atomic E-state index is 0.0155. The Morgan fingerprint density at radius 2 is 2.25 bits per heavy atom. The number of hydrogen-bond donors (Lipinski definition) is 2. The largest absolute Gasteiger partial charge is 0.384 e. The van der Waals surface area contributed by atoms with E-state index in [-0.39, 0.29) is 5.84 Å². The maximum absolute atomic E-state index is 7.50.